The van der Waals surface area contributed by atoms with Crippen LogP contribution in [0.2, 0.25) is 5.02 Å². The Kier molecular flexibility index (Phi) is 6.31. The van der Waals surface area contributed by atoms with Crippen molar-refractivity contribution in [3.8, 4) is 0 Å². The number of aliphatic imine (C=N–C) groups is 1. The molecular formula is C21H23ClN4OS. The van der Waals surface area contributed by atoms with E-state index in [9.17, 15) is 4.79 Å². The summed E-state index contributed by atoms with van der Waals surface area (Å²) in [6.45, 7) is 5.55. The molecule has 0 saturated carbocycles. The Bertz CT molecular complexity index is 912. The van der Waals surface area contributed by atoms with Crippen molar-refractivity contribution in [1.29, 1.82) is 0 Å². The van der Waals surface area contributed by atoms with Gasteiger partial charge in [0, 0.05) is 36.3 Å². The van der Waals surface area contributed by atoms with Crippen molar-refractivity contribution >= 4 is 46.2 Å². The fourth-order valence-electron chi connectivity index (χ4n) is 3.19. The quantitative estimate of drug-likeness (QED) is 0.775. The number of thiocarbonyl (C=S) groups is 1. The minimum Gasteiger partial charge on any atom is -0.350 e. The van der Waals surface area contributed by atoms with E-state index in [0.717, 1.165) is 29.9 Å². The molecule has 0 aromatic heterocycles. The molecule has 7 heteroatoms. The lowest BCUT2D eigenvalue weighted by atomic mass is 10.0. The maximum atomic E-state index is 13.1. The van der Waals surface area contributed by atoms with E-state index in [1.807, 2.05) is 61.2 Å². The van der Waals surface area contributed by atoms with Gasteiger partial charge in [-0.15, -0.1) is 0 Å². The zero-order valence-electron chi connectivity index (χ0n) is 16.1. The SMILES string of the molecule is CCN(CC)C(=S)NC1N=C(c2ccccc2)c2cc(Cl)ccc2N(C)C1=O. The number of halogens is 1. The van der Waals surface area contributed by atoms with Crippen molar-refractivity contribution in [1.82, 2.24) is 10.2 Å². The normalized spacial score (nSPS) is 16.1. The predicted octanol–water partition coefficient (Wildman–Crippen LogP) is 3.70. The summed E-state index contributed by atoms with van der Waals surface area (Å²) in [7, 11) is 1.74. The topological polar surface area (TPSA) is 47.9 Å². The Morgan fingerprint density at radius 1 is 1.21 bits per heavy atom. The predicted molar refractivity (Wildman–Crippen MR) is 119 cm³/mol. The van der Waals surface area contributed by atoms with E-state index in [0.29, 0.717) is 15.8 Å². The first-order valence-electron chi connectivity index (χ1n) is 9.22. The van der Waals surface area contributed by atoms with Crippen LogP contribution in [0.1, 0.15) is 25.0 Å². The molecule has 1 amide bonds. The Morgan fingerprint density at radius 2 is 1.89 bits per heavy atom. The van der Waals surface area contributed by atoms with Crippen LogP contribution in [-0.4, -0.2) is 47.9 Å². The van der Waals surface area contributed by atoms with E-state index in [4.69, 9.17) is 28.8 Å². The molecule has 0 aliphatic carbocycles. The van der Waals surface area contributed by atoms with Gasteiger partial charge in [0.15, 0.2) is 5.11 Å². The number of carbonyl (C=O) groups excluding carboxylic acids is 1. The van der Waals surface area contributed by atoms with E-state index >= 15 is 0 Å². The Hall–Kier alpha value is -2.44. The van der Waals surface area contributed by atoms with Crippen molar-refractivity contribution in [2.24, 2.45) is 4.99 Å². The monoisotopic (exact) mass is 414 g/mol. The van der Waals surface area contributed by atoms with E-state index in [2.05, 4.69) is 5.32 Å². The lowest BCUT2D eigenvalue weighted by Gasteiger charge is -2.26. The summed E-state index contributed by atoms with van der Waals surface area (Å²) in [5, 5.41) is 4.24. The summed E-state index contributed by atoms with van der Waals surface area (Å²) in [5.74, 6) is -0.177. The lowest BCUT2D eigenvalue weighted by Crippen LogP contribution is -2.50. The van der Waals surface area contributed by atoms with Gasteiger partial charge < -0.3 is 15.1 Å². The average molecular weight is 415 g/mol. The van der Waals surface area contributed by atoms with Crippen LogP contribution in [0.15, 0.2) is 53.5 Å². The van der Waals surface area contributed by atoms with Crippen LogP contribution in [0, 0.1) is 0 Å². The van der Waals surface area contributed by atoms with Gasteiger partial charge in [-0.1, -0.05) is 41.9 Å². The number of hydrogen-bond acceptors (Lipinski definition) is 3. The minimum absolute atomic E-state index is 0.177. The molecule has 146 valence electrons. The number of rotatable bonds is 4. The molecular weight excluding hydrogens is 392 g/mol. The van der Waals surface area contributed by atoms with Gasteiger partial charge in [-0.05, 0) is 44.3 Å². The zero-order chi connectivity index (χ0) is 20.3. The maximum absolute atomic E-state index is 13.1. The largest absolute Gasteiger partial charge is 0.350 e. The van der Waals surface area contributed by atoms with Crippen molar-refractivity contribution in [3.05, 3.63) is 64.7 Å². The molecule has 28 heavy (non-hydrogen) atoms. The van der Waals surface area contributed by atoms with Crippen molar-refractivity contribution in [2.45, 2.75) is 20.0 Å². The fourth-order valence-corrected chi connectivity index (χ4v) is 3.73. The van der Waals surface area contributed by atoms with Crippen LogP contribution in [0.4, 0.5) is 5.69 Å². The molecule has 0 saturated heterocycles. The van der Waals surface area contributed by atoms with Gasteiger partial charge in [-0.2, -0.15) is 0 Å². The second-order valence-corrected chi connectivity index (χ2v) is 7.25. The standard InChI is InChI=1S/C21H23ClN4OS/c1-4-26(5-2)21(28)24-19-20(27)25(3)17-12-11-15(22)13-16(17)18(23-19)14-9-7-6-8-10-14/h6-13,19H,4-5H2,1-3H3,(H,24,28). The molecule has 1 aliphatic rings. The number of likely N-dealkylation sites (N-methyl/N-ethyl adjacent to an activating group) is 1. The number of benzodiazepines with no additional fused rings is 1. The van der Waals surface area contributed by atoms with E-state index < -0.39 is 6.17 Å². The highest BCUT2D eigenvalue weighted by atomic mass is 35.5. The summed E-state index contributed by atoms with van der Waals surface area (Å²) in [6, 6.07) is 15.3. The van der Waals surface area contributed by atoms with Crippen LogP contribution < -0.4 is 10.2 Å². The second-order valence-electron chi connectivity index (χ2n) is 6.43. The van der Waals surface area contributed by atoms with Gasteiger partial charge >= 0.3 is 0 Å². The average Bonchev–Trinajstić information content (AvgIpc) is 2.80. The number of carbonyl (C=O) groups is 1. The third kappa shape index (κ3) is 4.03. The van der Waals surface area contributed by atoms with Crippen molar-refractivity contribution in [3.63, 3.8) is 0 Å². The molecule has 0 fully saturated rings. The van der Waals surface area contributed by atoms with Gasteiger partial charge in [0.25, 0.3) is 5.91 Å². The highest BCUT2D eigenvalue weighted by Crippen LogP contribution is 2.29. The number of anilines is 1. The summed E-state index contributed by atoms with van der Waals surface area (Å²) < 4.78 is 0. The summed E-state index contributed by atoms with van der Waals surface area (Å²) in [5.41, 5.74) is 3.19. The van der Waals surface area contributed by atoms with Crippen LogP contribution in [0.3, 0.4) is 0 Å². The van der Waals surface area contributed by atoms with E-state index in [1.54, 1.807) is 18.0 Å². The third-order valence-corrected chi connectivity index (χ3v) is 5.37. The van der Waals surface area contributed by atoms with Gasteiger partial charge in [-0.3, -0.25) is 4.79 Å². The van der Waals surface area contributed by atoms with E-state index in [-0.39, 0.29) is 5.91 Å². The molecule has 2 aromatic carbocycles. The first-order valence-corrected chi connectivity index (χ1v) is 10.0. The molecule has 0 bridgehead atoms. The highest BCUT2D eigenvalue weighted by Gasteiger charge is 2.31. The molecule has 2 aromatic rings. The molecule has 5 nitrogen and oxygen atoms in total. The molecule has 1 N–H and O–H groups in total. The third-order valence-electron chi connectivity index (χ3n) is 4.76. The lowest BCUT2D eigenvalue weighted by molar-refractivity contribution is -0.119. The second kappa shape index (κ2) is 8.71. The molecule has 3 rings (SSSR count). The van der Waals surface area contributed by atoms with Gasteiger partial charge in [-0.25, -0.2) is 4.99 Å². The van der Waals surface area contributed by atoms with Crippen molar-refractivity contribution < 1.29 is 4.79 Å². The number of nitrogens with zero attached hydrogens (tertiary/aromatic N) is 3. The first-order chi connectivity index (χ1) is 13.5. The van der Waals surface area contributed by atoms with Gasteiger partial charge in [0.2, 0.25) is 6.17 Å². The van der Waals surface area contributed by atoms with Crippen molar-refractivity contribution in [2.75, 3.05) is 25.0 Å². The summed E-state index contributed by atoms with van der Waals surface area (Å²) in [4.78, 5) is 21.5. The minimum atomic E-state index is -0.820. The van der Waals surface area contributed by atoms with Crippen LogP contribution >= 0.6 is 23.8 Å². The summed E-state index contributed by atoms with van der Waals surface area (Å²) >= 11 is 11.8. The molecule has 1 heterocycles. The van der Waals surface area contributed by atoms with Gasteiger partial charge in [0.05, 0.1) is 11.4 Å². The smallest absolute Gasteiger partial charge is 0.272 e. The first kappa shape index (κ1) is 20.3. The molecule has 1 atom stereocenters. The Morgan fingerprint density at radius 3 is 2.54 bits per heavy atom. The number of fused-ring (bicyclic) bond motifs is 1. The Balaban J connectivity index is 2.11. The maximum Gasteiger partial charge on any atom is 0.272 e. The zero-order valence-corrected chi connectivity index (χ0v) is 17.7. The van der Waals surface area contributed by atoms with Crippen LogP contribution in [-0.2, 0) is 4.79 Å². The number of hydrogen-bond donors (Lipinski definition) is 1. The molecule has 0 radical (unpaired) electrons. The molecule has 1 unspecified atom stereocenters. The highest BCUT2D eigenvalue weighted by molar-refractivity contribution is 7.80. The van der Waals surface area contributed by atoms with Gasteiger partial charge in [0.1, 0.15) is 0 Å². The summed E-state index contributed by atoms with van der Waals surface area (Å²) in [6.07, 6.45) is -0.820. The number of nitrogens with one attached hydrogen (secondary N) is 1. The fraction of sp³-hybridized carbons (Fsp3) is 0.286. The Labute approximate surface area is 176 Å². The molecule has 0 spiro atoms. The number of benzene rings is 2. The van der Waals surface area contributed by atoms with E-state index in [1.165, 1.54) is 0 Å². The van der Waals surface area contributed by atoms with Crippen LogP contribution in [0.5, 0.6) is 0 Å². The number of amides is 1. The van der Waals surface area contributed by atoms with Crippen LogP contribution in [0.25, 0.3) is 0 Å². The molecule has 1 aliphatic heterocycles.